The Morgan fingerprint density at radius 2 is 1.23 bits per heavy atom. The second-order valence-corrected chi connectivity index (χ2v) is 6.24. The molecular weight excluding hydrogens is 287 g/mol. The van der Waals surface area contributed by atoms with Crippen LogP contribution >= 0.6 is 0 Å². The summed E-state index contributed by atoms with van der Waals surface area (Å²) >= 11 is 0. The molecule has 0 bridgehead atoms. The number of hydrogen-bond donors (Lipinski definition) is 1. The molecule has 0 aromatic carbocycles. The van der Waals surface area contributed by atoms with Gasteiger partial charge in [-0.05, 0) is 25.7 Å². The van der Waals surface area contributed by atoms with E-state index in [4.69, 9.17) is 0 Å². The molecule has 0 aromatic rings. The van der Waals surface area contributed by atoms with Crippen molar-refractivity contribution in [3.05, 3.63) is 0 Å². The molecule has 22 heavy (non-hydrogen) atoms. The molecule has 3 nitrogen and oxygen atoms in total. The van der Waals surface area contributed by atoms with Crippen LogP contribution in [0.3, 0.4) is 0 Å². The van der Waals surface area contributed by atoms with Crippen LogP contribution in [-0.2, 0) is 4.79 Å². The number of carbonyl (C=O) groups is 1. The van der Waals surface area contributed by atoms with Crippen molar-refractivity contribution in [2.75, 3.05) is 0 Å². The fourth-order valence-electron chi connectivity index (χ4n) is 2.66. The van der Waals surface area contributed by atoms with E-state index in [2.05, 4.69) is 6.92 Å². The number of aliphatic hydroxyl groups is 1. The predicted octanol–water partition coefficient (Wildman–Crippen LogP) is 0.973. The molecule has 0 heterocycles. The first kappa shape index (κ1) is 24.7. The summed E-state index contributed by atoms with van der Waals surface area (Å²) in [6, 6.07) is 0. The van der Waals surface area contributed by atoms with Gasteiger partial charge in [0.05, 0.1) is 6.10 Å². The number of unbranched alkanes of at least 4 members (excludes halogenated alkanes) is 10. The van der Waals surface area contributed by atoms with Gasteiger partial charge in [0.1, 0.15) is 0 Å². The summed E-state index contributed by atoms with van der Waals surface area (Å²) in [6.07, 6.45) is 16.0. The van der Waals surface area contributed by atoms with E-state index >= 15 is 0 Å². The van der Waals surface area contributed by atoms with Crippen molar-refractivity contribution in [3.8, 4) is 0 Å². The monoisotopic (exact) mass is 322 g/mol. The zero-order chi connectivity index (χ0) is 15.8. The van der Waals surface area contributed by atoms with E-state index in [0.717, 1.165) is 44.9 Å². The largest absolute Gasteiger partial charge is 1.00 e. The molecule has 0 aromatic heterocycles. The number of carbonyl (C=O) groups excluding carboxylic acids is 1. The molecule has 1 unspecified atom stereocenters. The fourth-order valence-corrected chi connectivity index (χ4v) is 2.66. The van der Waals surface area contributed by atoms with Crippen molar-refractivity contribution in [2.45, 2.75) is 109 Å². The molecule has 0 saturated carbocycles. The summed E-state index contributed by atoms with van der Waals surface area (Å²) in [4.78, 5) is 10.2. The van der Waals surface area contributed by atoms with Crippen LogP contribution in [0.5, 0.6) is 0 Å². The third-order valence-corrected chi connectivity index (χ3v) is 4.06. The van der Waals surface area contributed by atoms with Crippen LogP contribution < -0.4 is 34.7 Å². The van der Waals surface area contributed by atoms with Gasteiger partial charge in [-0.15, -0.1) is 0 Å². The summed E-state index contributed by atoms with van der Waals surface area (Å²) < 4.78 is 0. The number of aliphatic hydroxyl groups excluding tert-OH is 1. The van der Waals surface area contributed by atoms with E-state index in [1.807, 2.05) is 0 Å². The molecule has 0 spiro atoms. The Morgan fingerprint density at radius 1 is 0.818 bits per heavy atom. The smallest absolute Gasteiger partial charge is 0.550 e. The topological polar surface area (TPSA) is 60.4 Å². The first-order chi connectivity index (χ1) is 10.2. The van der Waals surface area contributed by atoms with Crippen LogP contribution in [0.1, 0.15) is 103 Å². The fraction of sp³-hybridized carbons (Fsp3) is 0.944. The van der Waals surface area contributed by atoms with Crippen LogP contribution in [0.25, 0.3) is 0 Å². The Morgan fingerprint density at radius 3 is 1.68 bits per heavy atom. The minimum atomic E-state index is -0.924. The quantitative estimate of drug-likeness (QED) is 0.340. The molecule has 126 valence electrons. The van der Waals surface area contributed by atoms with Crippen molar-refractivity contribution in [1.29, 1.82) is 0 Å². The summed E-state index contributed by atoms with van der Waals surface area (Å²) in [5.41, 5.74) is 0. The van der Waals surface area contributed by atoms with Gasteiger partial charge in [0, 0.05) is 5.97 Å². The van der Waals surface area contributed by atoms with Gasteiger partial charge in [0.2, 0.25) is 0 Å². The Kier molecular flexibility index (Phi) is 21.8. The SMILES string of the molecule is CCCCCC(O)CCCCCCCCCCCC(=O)[O-].[Na+]. The molecular formula is C18H35NaO3. The Bertz CT molecular complexity index is 234. The first-order valence-corrected chi connectivity index (χ1v) is 9.04. The minimum Gasteiger partial charge on any atom is -0.550 e. The molecule has 1 N–H and O–H groups in total. The molecule has 1 atom stereocenters. The molecule has 4 heteroatoms. The van der Waals surface area contributed by atoms with E-state index < -0.39 is 5.97 Å². The average molecular weight is 322 g/mol. The number of carboxylic acids is 1. The Balaban J connectivity index is 0. The van der Waals surface area contributed by atoms with Gasteiger partial charge in [-0.2, -0.15) is 0 Å². The third-order valence-electron chi connectivity index (χ3n) is 4.06. The molecule has 0 radical (unpaired) electrons. The van der Waals surface area contributed by atoms with Crippen molar-refractivity contribution in [3.63, 3.8) is 0 Å². The average Bonchev–Trinajstić information content (AvgIpc) is 2.44. The summed E-state index contributed by atoms with van der Waals surface area (Å²) in [5, 5.41) is 20.0. The summed E-state index contributed by atoms with van der Waals surface area (Å²) in [6.45, 7) is 2.19. The van der Waals surface area contributed by atoms with Gasteiger partial charge >= 0.3 is 29.6 Å². The van der Waals surface area contributed by atoms with Crippen molar-refractivity contribution in [2.24, 2.45) is 0 Å². The van der Waals surface area contributed by atoms with E-state index in [9.17, 15) is 15.0 Å². The molecule has 0 rings (SSSR count). The van der Waals surface area contributed by atoms with Crippen molar-refractivity contribution >= 4 is 5.97 Å². The van der Waals surface area contributed by atoms with Gasteiger partial charge in [-0.25, -0.2) is 0 Å². The standard InChI is InChI=1S/C18H36O3.Na/c1-2-3-11-14-17(19)15-12-9-7-5-4-6-8-10-13-16-18(20)21;/h17,19H,2-16H2,1H3,(H,20,21);/q;+1/p-1. The number of hydrogen-bond acceptors (Lipinski definition) is 3. The molecule has 0 saturated heterocycles. The maximum Gasteiger partial charge on any atom is 1.00 e. The van der Waals surface area contributed by atoms with E-state index in [0.29, 0.717) is 0 Å². The molecule has 0 aliphatic heterocycles. The van der Waals surface area contributed by atoms with Crippen molar-refractivity contribution < 1.29 is 44.6 Å². The number of rotatable bonds is 16. The maximum atomic E-state index is 10.2. The van der Waals surface area contributed by atoms with Crippen molar-refractivity contribution in [1.82, 2.24) is 0 Å². The normalized spacial score (nSPS) is 11.9. The molecule has 0 amide bonds. The van der Waals surface area contributed by atoms with E-state index in [-0.39, 0.29) is 42.1 Å². The summed E-state index contributed by atoms with van der Waals surface area (Å²) in [7, 11) is 0. The van der Waals surface area contributed by atoms with Crippen LogP contribution in [0.15, 0.2) is 0 Å². The van der Waals surface area contributed by atoms with Gasteiger partial charge in [-0.3, -0.25) is 0 Å². The number of aliphatic carboxylic acids is 1. The van der Waals surface area contributed by atoms with E-state index in [1.54, 1.807) is 0 Å². The second-order valence-electron chi connectivity index (χ2n) is 6.24. The number of carboxylic acid groups (broad SMARTS) is 1. The van der Waals surface area contributed by atoms with Crippen LogP contribution in [0, 0.1) is 0 Å². The minimum absolute atomic E-state index is 0. The van der Waals surface area contributed by atoms with Gasteiger partial charge in [-0.1, -0.05) is 77.6 Å². The van der Waals surface area contributed by atoms with Gasteiger partial charge in [0.15, 0.2) is 0 Å². The first-order valence-electron chi connectivity index (χ1n) is 9.04. The van der Waals surface area contributed by atoms with Crippen LogP contribution in [0.4, 0.5) is 0 Å². The Labute approximate surface area is 159 Å². The van der Waals surface area contributed by atoms with Gasteiger partial charge in [0.25, 0.3) is 0 Å². The van der Waals surface area contributed by atoms with Crippen LogP contribution in [0.2, 0.25) is 0 Å². The Hall–Kier alpha value is 0.430. The predicted molar refractivity (Wildman–Crippen MR) is 85.9 cm³/mol. The van der Waals surface area contributed by atoms with Crippen LogP contribution in [-0.4, -0.2) is 17.2 Å². The van der Waals surface area contributed by atoms with E-state index in [1.165, 1.54) is 44.9 Å². The second kappa shape index (κ2) is 19.5. The third kappa shape index (κ3) is 20.4. The molecule has 0 fully saturated rings. The zero-order valence-corrected chi connectivity index (χ0v) is 16.9. The zero-order valence-electron chi connectivity index (χ0n) is 14.9. The summed E-state index contributed by atoms with van der Waals surface area (Å²) in [5.74, 6) is -0.924. The molecule has 0 aliphatic rings. The maximum absolute atomic E-state index is 10.2. The molecule has 0 aliphatic carbocycles. The van der Waals surface area contributed by atoms with Gasteiger partial charge < -0.3 is 15.0 Å².